The largest absolute Gasteiger partial charge is 0.309 e. The second-order valence-corrected chi connectivity index (χ2v) is 33.5. The monoisotopic (exact) mass is 1610 g/mol. The van der Waals surface area contributed by atoms with Crippen molar-refractivity contribution in [3.63, 3.8) is 0 Å². The van der Waals surface area contributed by atoms with Gasteiger partial charge in [-0.3, -0.25) is 0 Å². The zero-order chi connectivity index (χ0) is 83.6. The average Bonchev–Trinajstić information content (AvgIpc) is 1.51. The lowest BCUT2D eigenvalue weighted by molar-refractivity contribution is 0.660. The van der Waals surface area contributed by atoms with Crippen molar-refractivity contribution >= 4 is 43.6 Å². The topological polar surface area (TPSA) is 87.2 Å². The fourth-order valence-corrected chi connectivity index (χ4v) is 20.4. The summed E-state index contributed by atoms with van der Waals surface area (Å²) in [6.07, 6.45) is 0. The zero-order valence-electron chi connectivity index (χ0n) is 69.1. The Hall–Kier alpha value is -16.4. The second kappa shape index (κ2) is 29.7. The number of hydrogen-bond acceptors (Lipinski definition) is 6. The first-order valence-electron chi connectivity index (χ1n) is 43.1. The molecule has 0 bridgehead atoms. The van der Waals surface area contributed by atoms with E-state index in [1.54, 1.807) is 0 Å². The maximum absolute atomic E-state index is 5.39. The Morgan fingerprint density at radius 2 is 0.452 bits per heavy atom. The Bertz CT molecular complexity index is 8030. The number of para-hydroxylation sites is 2. The molecular weight excluding hydrogens is 1530 g/mol. The molecule has 590 valence electrons. The standard InChI is InChI=1S/C64H40N4.C54H38N4/c1-4-18-41(19-5-1)43-35-37-58-53(39-43)60-48(29-17-33-59(60)68(58)47-24-8-3-9-25-47)44-22-16-23-45(38-44)62-65-61(42-20-6-2-7-21-42)66-63(67-62)46-34-36-52-51-28-12-15-32-56(51)64(57(52)40-46)54-30-13-10-26-49(54)50-27-11-14-31-55(50)64;1-54(2)46-26-13-12-24-43(46)44-30-28-40(34-47(44)54)53-56-51(36-18-8-4-9-19-36)55-52(57-53)39-21-14-20-38(32-39)42-25-15-27-49-50(42)45-33-37(35-16-6-3-7-17-35)29-31-48(45)58(49)41-22-10-5-11-23-41/h1-40H;3-34H,1-2H3. The fourth-order valence-electron chi connectivity index (χ4n) is 20.4. The van der Waals surface area contributed by atoms with Gasteiger partial charge in [-0.2, -0.15) is 0 Å². The highest BCUT2D eigenvalue weighted by molar-refractivity contribution is 6.18. The molecule has 1 spiro atoms. The van der Waals surface area contributed by atoms with Crippen molar-refractivity contribution in [3.05, 3.63) is 470 Å². The minimum atomic E-state index is -0.478. The lowest BCUT2D eigenvalue weighted by Crippen LogP contribution is -2.25. The van der Waals surface area contributed by atoms with Crippen LogP contribution >= 0.6 is 0 Å². The van der Waals surface area contributed by atoms with Crippen LogP contribution in [0.5, 0.6) is 0 Å². The zero-order valence-corrected chi connectivity index (χ0v) is 69.1. The van der Waals surface area contributed by atoms with Crippen LogP contribution in [0.25, 0.3) is 201 Å². The van der Waals surface area contributed by atoms with Crippen LogP contribution < -0.4 is 0 Å². The molecule has 4 aromatic heterocycles. The normalized spacial score (nSPS) is 12.8. The predicted molar refractivity (Wildman–Crippen MR) is 517 cm³/mol. The van der Waals surface area contributed by atoms with E-state index >= 15 is 0 Å². The minimum absolute atomic E-state index is 0.138. The SMILES string of the molecule is CC1(C)c2ccccc2-c2ccc(-c3nc(-c4ccccc4)nc(-c4cccc(-c5cccc6c5c5cc(-c7ccccc7)ccc5n6-c5ccccc5)c4)n3)cc21.c1ccc(-c2ccc3c(c2)c2c(-c4cccc(-c5nc(-c6ccccc6)nc(-c6ccc7c(c6)C6(c8ccccc8-c8ccccc86)c6ccccc6-7)n5)c4)cccc2n3-c2ccccc2)cc1. The summed E-state index contributed by atoms with van der Waals surface area (Å²) in [5.41, 5.74) is 36.6. The lowest BCUT2D eigenvalue weighted by Gasteiger charge is -2.30. The first-order chi connectivity index (χ1) is 62.2. The molecule has 0 amide bonds. The van der Waals surface area contributed by atoms with Gasteiger partial charge in [0.1, 0.15) is 0 Å². The number of nitrogens with zero attached hydrogens (tertiary/aromatic N) is 8. The van der Waals surface area contributed by atoms with Gasteiger partial charge < -0.3 is 9.13 Å². The van der Waals surface area contributed by atoms with Crippen LogP contribution in [0.15, 0.2) is 437 Å². The molecule has 8 nitrogen and oxygen atoms in total. The van der Waals surface area contributed by atoms with Gasteiger partial charge in [0.25, 0.3) is 0 Å². The highest BCUT2D eigenvalue weighted by atomic mass is 15.0. The van der Waals surface area contributed by atoms with Gasteiger partial charge in [-0.1, -0.05) is 366 Å². The van der Waals surface area contributed by atoms with E-state index in [4.69, 9.17) is 29.9 Å². The molecule has 0 saturated heterocycles. The van der Waals surface area contributed by atoms with Gasteiger partial charge in [0.15, 0.2) is 34.9 Å². The van der Waals surface area contributed by atoms with Crippen LogP contribution in [-0.4, -0.2) is 39.0 Å². The van der Waals surface area contributed by atoms with Gasteiger partial charge in [0.05, 0.1) is 27.5 Å². The summed E-state index contributed by atoms with van der Waals surface area (Å²) in [7, 11) is 0. The highest BCUT2D eigenvalue weighted by Gasteiger charge is 2.52. The smallest absolute Gasteiger partial charge is 0.164 e. The van der Waals surface area contributed by atoms with E-state index in [1.807, 2.05) is 36.4 Å². The maximum Gasteiger partial charge on any atom is 0.164 e. The number of rotatable bonds is 12. The van der Waals surface area contributed by atoms with Crippen molar-refractivity contribution in [1.29, 1.82) is 0 Å². The molecule has 0 radical (unpaired) electrons. The summed E-state index contributed by atoms with van der Waals surface area (Å²) >= 11 is 0. The van der Waals surface area contributed by atoms with Crippen LogP contribution in [-0.2, 0) is 10.8 Å². The molecular formula is C118H78N8. The molecule has 0 saturated carbocycles. The summed E-state index contributed by atoms with van der Waals surface area (Å²) in [4.78, 5) is 31.4. The molecule has 8 heteroatoms. The van der Waals surface area contributed by atoms with E-state index in [0.717, 1.165) is 83.6 Å². The third-order valence-electron chi connectivity index (χ3n) is 26.1. The van der Waals surface area contributed by atoms with E-state index in [2.05, 4.69) is 423 Å². The van der Waals surface area contributed by atoms with Crippen LogP contribution in [0, 0.1) is 0 Å². The van der Waals surface area contributed by atoms with Gasteiger partial charge in [-0.05, 0) is 196 Å². The molecule has 0 aliphatic heterocycles. The number of fused-ring (bicyclic) bond motifs is 19. The predicted octanol–water partition coefficient (Wildman–Crippen LogP) is 29.3. The van der Waals surface area contributed by atoms with Crippen molar-refractivity contribution < 1.29 is 0 Å². The van der Waals surface area contributed by atoms with Gasteiger partial charge in [0, 0.05) is 71.7 Å². The quantitative estimate of drug-likeness (QED) is 0.121. The van der Waals surface area contributed by atoms with E-state index in [-0.39, 0.29) is 5.41 Å². The lowest BCUT2D eigenvalue weighted by atomic mass is 9.70. The van der Waals surface area contributed by atoms with Crippen molar-refractivity contribution in [2.75, 3.05) is 0 Å². The van der Waals surface area contributed by atoms with Gasteiger partial charge in [-0.25, -0.2) is 29.9 Å². The molecule has 0 fully saturated rings. The summed E-state index contributed by atoms with van der Waals surface area (Å²) in [6.45, 7) is 4.61. The molecule has 126 heavy (non-hydrogen) atoms. The van der Waals surface area contributed by atoms with Crippen LogP contribution in [0.1, 0.15) is 47.2 Å². The van der Waals surface area contributed by atoms with E-state index in [1.165, 1.54) is 116 Å². The van der Waals surface area contributed by atoms with Crippen molar-refractivity contribution in [3.8, 4) is 158 Å². The summed E-state index contributed by atoms with van der Waals surface area (Å²) in [5, 5.41) is 4.81. The highest BCUT2D eigenvalue weighted by Crippen LogP contribution is 2.63. The second-order valence-electron chi connectivity index (χ2n) is 33.5. The van der Waals surface area contributed by atoms with Crippen molar-refractivity contribution in [2.45, 2.75) is 24.7 Å². The third-order valence-corrected chi connectivity index (χ3v) is 26.1. The van der Waals surface area contributed by atoms with Crippen molar-refractivity contribution in [2.24, 2.45) is 0 Å². The maximum atomic E-state index is 5.39. The Labute approximate surface area is 730 Å². The van der Waals surface area contributed by atoms with E-state index in [0.29, 0.717) is 34.9 Å². The molecule has 18 aromatic carbocycles. The van der Waals surface area contributed by atoms with E-state index in [9.17, 15) is 0 Å². The minimum Gasteiger partial charge on any atom is -0.309 e. The van der Waals surface area contributed by atoms with Crippen LogP contribution in [0.4, 0.5) is 0 Å². The van der Waals surface area contributed by atoms with Crippen LogP contribution in [0.2, 0.25) is 0 Å². The Morgan fingerprint density at radius 1 is 0.175 bits per heavy atom. The van der Waals surface area contributed by atoms with Gasteiger partial charge >= 0.3 is 0 Å². The Kier molecular flexibility index (Phi) is 17.3. The molecule has 3 aliphatic rings. The first kappa shape index (κ1) is 73.5. The van der Waals surface area contributed by atoms with Crippen LogP contribution in [0.3, 0.4) is 0 Å². The molecule has 0 atom stereocenters. The van der Waals surface area contributed by atoms with Gasteiger partial charge in [-0.15, -0.1) is 0 Å². The molecule has 3 aliphatic carbocycles. The number of hydrogen-bond donors (Lipinski definition) is 0. The Morgan fingerprint density at radius 3 is 0.857 bits per heavy atom. The number of benzene rings is 18. The fraction of sp³-hybridized carbons (Fsp3) is 0.0339. The first-order valence-corrected chi connectivity index (χ1v) is 43.1. The third kappa shape index (κ3) is 12.0. The summed E-state index contributed by atoms with van der Waals surface area (Å²) in [6, 6.07) is 156. The number of aromatic nitrogens is 8. The molecule has 0 unspecified atom stereocenters. The summed E-state index contributed by atoms with van der Waals surface area (Å²) in [5.74, 6) is 3.83. The average molecular weight is 1610 g/mol. The molecule has 4 heterocycles. The Balaban J connectivity index is 0.000000143. The molecule has 22 aromatic rings. The van der Waals surface area contributed by atoms with Gasteiger partial charge in [0.2, 0.25) is 0 Å². The van der Waals surface area contributed by atoms with Crippen molar-refractivity contribution in [1.82, 2.24) is 39.0 Å². The molecule has 0 N–H and O–H groups in total. The molecule has 25 rings (SSSR count). The van der Waals surface area contributed by atoms with E-state index < -0.39 is 5.41 Å². The summed E-state index contributed by atoms with van der Waals surface area (Å²) < 4.78 is 4.77.